The summed E-state index contributed by atoms with van der Waals surface area (Å²) in [6.07, 6.45) is 0.687. The molecule has 0 aliphatic carbocycles. The van der Waals surface area contributed by atoms with Crippen molar-refractivity contribution in [2.24, 2.45) is 0 Å². The van der Waals surface area contributed by atoms with Gasteiger partial charge < -0.3 is 20.1 Å². The first-order chi connectivity index (χ1) is 11.5. The average molecular weight is 393 g/mol. The molecule has 1 aliphatic heterocycles. The van der Waals surface area contributed by atoms with Crippen LogP contribution < -0.4 is 20.1 Å². The normalized spacial score (nSPS) is 13.5. The van der Waals surface area contributed by atoms with Gasteiger partial charge in [0.05, 0.1) is 23.9 Å². The summed E-state index contributed by atoms with van der Waals surface area (Å²) in [5.41, 5.74) is 0. The molecule has 0 spiro atoms. The van der Waals surface area contributed by atoms with Gasteiger partial charge in [0.2, 0.25) is 5.91 Å². The standard InChI is InChI=1S/C16H24N2O5S.ClH/c1-2-17-7-8-18-16(19)6-11-24(20,21)13-4-5-14-15(12-13)23-10-3-9-22-14;/h4-5,12,17H,2-3,6-11H2,1H3,(H,18,19);1H. The van der Waals surface area contributed by atoms with Gasteiger partial charge in [0, 0.05) is 32.0 Å². The number of likely N-dealkylation sites (N-methyl/N-ethyl adjacent to an activating group) is 1. The zero-order valence-corrected chi connectivity index (χ0v) is 15.9. The van der Waals surface area contributed by atoms with E-state index in [4.69, 9.17) is 9.47 Å². The Kier molecular flexibility index (Phi) is 9.02. The smallest absolute Gasteiger partial charge is 0.221 e. The largest absolute Gasteiger partial charge is 0.490 e. The maximum atomic E-state index is 12.4. The van der Waals surface area contributed by atoms with Crippen molar-refractivity contribution in [3.8, 4) is 11.5 Å². The summed E-state index contributed by atoms with van der Waals surface area (Å²) in [7, 11) is -3.55. The highest BCUT2D eigenvalue weighted by Crippen LogP contribution is 2.32. The number of carbonyl (C=O) groups is 1. The summed E-state index contributed by atoms with van der Waals surface area (Å²) in [5.74, 6) is 0.474. The van der Waals surface area contributed by atoms with Gasteiger partial charge in [-0.25, -0.2) is 8.42 Å². The summed E-state index contributed by atoms with van der Waals surface area (Å²) >= 11 is 0. The molecule has 1 aliphatic rings. The molecule has 1 aromatic rings. The van der Waals surface area contributed by atoms with E-state index >= 15 is 0 Å². The van der Waals surface area contributed by atoms with Crippen LogP contribution in [0, 0.1) is 0 Å². The van der Waals surface area contributed by atoms with Gasteiger partial charge in [-0.15, -0.1) is 12.4 Å². The maximum Gasteiger partial charge on any atom is 0.221 e. The molecule has 25 heavy (non-hydrogen) atoms. The molecule has 0 unspecified atom stereocenters. The van der Waals surface area contributed by atoms with Gasteiger partial charge >= 0.3 is 0 Å². The van der Waals surface area contributed by atoms with Crippen LogP contribution in [0.4, 0.5) is 0 Å². The third kappa shape index (κ3) is 6.72. The van der Waals surface area contributed by atoms with Gasteiger partial charge in [-0.3, -0.25) is 4.79 Å². The summed E-state index contributed by atoms with van der Waals surface area (Å²) in [5, 5.41) is 5.77. The van der Waals surface area contributed by atoms with E-state index in [0.29, 0.717) is 37.8 Å². The van der Waals surface area contributed by atoms with Gasteiger partial charge in [-0.2, -0.15) is 0 Å². The van der Waals surface area contributed by atoms with E-state index in [-0.39, 0.29) is 35.4 Å². The lowest BCUT2D eigenvalue weighted by atomic mass is 10.3. The molecular weight excluding hydrogens is 368 g/mol. The van der Waals surface area contributed by atoms with Crippen LogP contribution in [0.1, 0.15) is 19.8 Å². The SMILES string of the molecule is CCNCCNC(=O)CCS(=O)(=O)c1ccc2c(c1)OCCCO2.Cl. The number of hydrogen-bond acceptors (Lipinski definition) is 6. The van der Waals surface area contributed by atoms with Crippen LogP contribution in [0.2, 0.25) is 0 Å². The van der Waals surface area contributed by atoms with Crippen molar-refractivity contribution in [1.29, 1.82) is 0 Å². The zero-order valence-electron chi connectivity index (χ0n) is 14.2. The van der Waals surface area contributed by atoms with Crippen molar-refractivity contribution >= 4 is 28.2 Å². The van der Waals surface area contributed by atoms with Crippen LogP contribution in [0.25, 0.3) is 0 Å². The van der Waals surface area contributed by atoms with E-state index in [1.165, 1.54) is 12.1 Å². The minimum Gasteiger partial charge on any atom is -0.490 e. The van der Waals surface area contributed by atoms with Crippen LogP contribution >= 0.6 is 12.4 Å². The molecule has 1 amide bonds. The van der Waals surface area contributed by atoms with Crippen molar-refractivity contribution in [1.82, 2.24) is 10.6 Å². The number of halogens is 1. The van der Waals surface area contributed by atoms with Gasteiger partial charge in [0.25, 0.3) is 0 Å². The molecule has 7 nitrogen and oxygen atoms in total. The molecule has 0 atom stereocenters. The molecule has 1 heterocycles. The second kappa shape index (κ2) is 10.5. The Morgan fingerprint density at radius 2 is 1.88 bits per heavy atom. The van der Waals surface area contributed by atoms with Gasteiger partial charge in [0.1, 0.15) is 0 Å². The average Bonchev–Trinajstić information content (AvgIpc) is 2.81. The van der Waals surface area contributed by atoms with Gasteiger partial charge in [-0.1, -0.05) is 6.92 Å². The number of amides is 1. The molecule has 0 saturated heterocycles. The molecule has 0 radical (unpaired) electrons. The van der Waals surface area contributed by atoms with Crippen LogP contribution in [0.3, 0.4) is 0 Å². The second-order valence-corrected chi connectivity index (χ2v) is 7.54. The van der Waals surface area contributed by atoms with Gasteiger partial charge in [-0.05, 0) is 18.7 Å². The lowest BCUT2D eigenvalue weighted by molar-refractivity contribution is -0.120. The first-order valence-corrected chi connectivity index (χ1v) is 9.78. The van der Waals surface area contributed by atoms with Crippen LogP contribution in [0.15, 0.2) is 23.1 Å². The predicted octanol–water partition coefficient (Wildman–Crippen LogP) is 1.16. The number of hydrogen-bond donors (Lipinski definition) is 2. The summed E-state index contributed by atoms with van der Waals surface area (Å²) in [6.45, 7) is 4.99. The number of benzene rings is 1. The first kappa shape index (κ1) is 21.5. The van der Waals surface area contributed by atoms with E-state index in [1.54, 1.807) is 6.07 Å². The predicted molar refractivity (Wildman–Crippen MR) is 97.5 cm³/mol. The lowest BCUT2D eigenvalue weighted by Crippen LogP contribution is -2.32. The Balaban J connectivity index is 0.00000312. The monoisotopic (exact) mass is 392 g/mol. The minimum absolute atomic E-state index is 0. The molecule has 2 N–H and O–H groups in total. The van der Waals surface area contributed by atoms with Crippen molar-refractivity contribution in [2.75, 3.05) is 38.6 Å². The van der Waals surface area contributed by atoms with Crippen molar-refractivity contribution in [3.63, 3.8) is 0 Å². The molecule has 142 valence electrons. The number of sulfone groups is 1. The molecule has 0 saturated carbocycles. The number of ether oxygens (including phenoxy) is 2. The van der Waals surface area contributed by atoms with E-state index in [0.717, 1.165) is 13.0 Å². The lowest BCUT2D eigenvalue weighted by Gasteiger charge is -2.10. The third-order valence-corrected chi connectivity index (χ3v) is 5.26. The quantitative estimate of drug-likeness (QED) is 0.645. The van der Waals surface area contributed by atoms with Crippen LogP contribution in [0.5, 0.6) is 11.5 Å². The van der Waals surface area contributed by atoms with E-state index in [2.05, 4.69) is 10.6 Å². The molecule has 0 aromatic heterocycles. The van der Waals surface area contributed by atoms with Gasteiger partial charge in [0.15, 0.2) is 21.3 Å². The van der Waals surface area contributed by atoms with E-state index in [9.17, 15) is 13.2 Å². The number of nitrogens with one attached hydrogen (secondary N) is 2. The molecule has 0 fully saturated rings. The number of carbonyl (C=O) groups excluding carboxylic acids is 1. The molecule has 2 rings (SSSR count). The Morgan fingerprint density at radius 3 is 2.60 bits per heavy atom. The fourth-order valence-corrected chi connectivity index (χ4v) is 3.49. The van der Waals surface area contributed by atoms with Crippen LogP contribution in [-0.2, 0) is 14.6 Å². The molecule has 9 heteroatoms. The fourth-order valence-electron chi connectivity index (χ4n) is 2.24. The summed E-state index contributed by atoms with van der Waals surface area (Å²) < 4.78 is 35.8. The highest BCUT2D eigenvalue weighted by Gasteiger charge is 2.20. The molecular formula is C16H25ClN2O5S. The van der Waals surface area contributed by atoms with Crippen molar-refractivity contribution in [3.05, 3.63) is 18.2 Å². The van der Waals surface area contributed by atoms with Crippen molar-refractivity contribution < 1.29 is 22.7 Å². The first-order valence-electron chi connectivity index (χ1n) is 8.13. The topological polar surface area (TPSA) is 93.7 Å². The second-order valence-electron chi connectivity index (χ2n) is 5.43. The highest BCUT2D eigenvalue weighted by molar-refractivity contribution is 7.91. The van der Waals surface area contributed by atoms with E-state index in [1.807, 2.05) is 6.92 Å². The van der Waals surface area contributed by atoms with E-state index < -0.39 is 9.84 Å². The highest BCUT2D eigenvalue weighted by atomic mass is 35.5. The maximum absolute atomic E-state index is 12.4. The number of fused-ring (bicyclic) bond motifs is 1. The fraction of sp³-hybridized carbons (Fsp3) is 0.562. The Morgan fingerprint density at radius 1 is 1.16 bits per heavy atom. The van der Waals surface area contributed by atoms with Crippen LogP contribution in [-0.4, -0.2) is 52.9 Å². The minimum atomic E-state index is -3.55. The Bertz CT molecular complexity index is 666. The zero-order chi connectivity index (χ0) is 17.4. The Hall–Kier alpha value is -1.51. The Labute approximate surface area is 154 Å². The summed E-state index contributed by atoms with van der Waals surface area (Å²) in [6, 6.07) is 4.56. The third-order valence-electron chi connectivity index (χ3n) is 3.55. The molecule has 0 bridgehead atoms. The summed E-state index contributed by atoms with van der Waals surface area (Å²) in [4.78, 5) is 11.9. The van der Waals surface area contributed by atoms with Crippen molar-refractivity contribution in [2.45, 2.75) is 24.7 Å². The molecule has 1 aromatic carbocycles. The number of rotatable bonds is 8.